The highest BCUT2D eigenvalue weighted by atomic mass is 16.6. The molecule has 2 aliphatic rings. The number of aliphatic hydroxyl groups excluding tert-OH is 1. The van der Waals surface area contributed by atoms with Gasteiger partial charge < -0.3 is 64.1 Å². The number of aromatic hydroxyl groups is 2. The van der Waals surface area contributed by atoms with Crippen LogP contribution in [0.25, 0.3) is 11.0 Å². The first kappa shape index (κ1) is 48.3. The van der Waals surface area contributed by atoms with E-state index in [-0.39, 0.29) is 71.6 Å². The van der Waals surface area contributed by atoms with Gasteiger partial charge in [0.1, 0.15) is 41.2 Å². The van der Waals surface area contributed by atoms with Crippen molar-refractivity contribution >= 4 is 46.4 Å². The number of hydrogen-bond acceptors (Lipinski definition) is 15. The third-order valence-corrected chi connectivity index (χ3v) is 11.1. The molecule has 0 unspecified atom stereocenters. The number of methoxy groups -OCH3 is 2. The first-order valence-corrected chi connectivity index (χ1v) is 20.9. The van der Waals surface area contributed by atoms with E-state index < -0.39 is 42.3 Å². The number of phenols is 2. The Morgan fingerprint density at radius 2 is 1.81 bits per heavy atom. The van der Waals surface area contributed by atoms with E-state index in [1.165, 1.54) is 38.6 Å². The Hall–Kier alpha value is -5.72. The summed E-state index contributed by atoms with van der Waals surface area (Å²) in [6.45, 7) is 11.6. The molecule has 5 rings (SSSR count). The number of nitrogens with two attached hydrogens (primary N) is 1. The molecule has 0 saturated carbocycles. The summed E-state index contributed by atoms with van der Waals surface area (Å²) in [5.41, 5.74) is 7.52. The fourth-order valence-corrected chi connectivity index (χ4v) is 7.63. The molecule has 2 aromatic carbocycles. The molecular weight excluding hydrogens is 817 g/mol. The maximum absolute atomic E-state index is 13.3. The quantitative estimate of drug-likeness (QED) is 0.0518. The van der Waals surface area contributed by atoms with Gasteiger partial charge in [-0.25, -0.2) is 4.79 Å². The number of rotatable bonds is 11. The molecule has 2 bridgehead atoms. The highest BCUT2D eigenvalue weighted by Gasteiger charge is 2.30. The molecule has 1 aromatic heterocycles. The molecular formula is C46H60N4O13. The van der Waals surface area contributed by atoms with Crippen LogP contribution in [0.1, 0.15) is 45.2 Å². The van der Waals surface area contributed by atoms with E-state index in [4.69, 9.17) is 38.6 Å². The number of fused-ring (bicyclic) bond motifs is 3. The smallest absolute Gasteiger partial charge is 0.405 e. The molecule has 1 fully saturated rings. The normalized spacial score (nSPS) is 24.7. The number of carbonyl (C=O) groups is 2. The molecule has 0 spiro atoms. The van der Waals surface area contributed by atoms with Gasteiger partial charge in [0.25, 0.3) is 5.91 Å². The number of aliphatic hydroxyl groups is 1. The minimum atomic E-state index is -1.01. The van der Waals surface area contributed by atoms with Crippen molar-refractivity contribution in [2.24, 2.45) is 22.6 Å². The maximum atomic E-state index is 13.3. The minimum Gasteiger partial charge on any atom is -0.506 e. The van der Waals surface area contributed by atoms with Crippen LogP contribution >= 0.6 is 0 Å². The van der Waals surface area contributed by atoms with Gasteiger partial charge in [-0.2, -0.15) is 0 Å². The first-order valence-electron chi connectivity index (χ1n) is 20.9. The van der Waals surface area contributed by atoms with Crippen LogP contribution in [0.5, 0.6) is 17.2 Å². The molecule has 17 heteroatoms. The summed E-state index contributed by atoms with van der Waals surface area (Å²) in [7, 11) is 2.92. The summed E-state index contributed by atoms with van der Waals surface area (Å²) in [4.78, 5) is 44.6. The van der Waals surface area contributed by atoms with Crippen molar-refractivity contribution in [1.29, 1.82) is 0 Å². The van der Waals surface area contributed by atoms with Crippen molar-refractivity contribution in [3.63, 3.8) is 0 Å². The third kappa shape index (κ3) is 12.5. The molecule has 6 atom stereocenters. The summed E-state index contributed by atoms with van der Waals surface area (Å²) >= 11 is 0. The number of carbonyl (C=O) groups excluding carboxylic acids is 2. The lowest BCUT2D eigenvalue weighted by atomic mass is 9.87. The highest BCUT2D eigenvalue weighted by Crippen LogP contribution is 2.44. The van der Waals surface area contributed by atoms with E-state index in [2.05, 4.69) is 10.3 Å². The van der Waals surface area contributed by atoms with Crippen LogP contribution in [0.15, 0.2) is 73.9 Å². The van der Waals surface area contributed by atoms with Gasteiger partial charge in [-0.05, 0) is 57.2 Å². The van der Waals surface area contributed by atoms with Gasteiger partial charge in [-0.15, -0.1) is 0 Å². The van der Waals surface area contributed by atoms with Crippen molar-refractivity contribution < 1.29 is 57.7 Å². The van der Waals surface area contributed by atoms with Crippen LogP contribution < -0.4 is 26.1 Å². The van der Waals surface area contributed by atoms with E-state index >= 15 is 0 Å². The topological polar surface area (TPSA) is 234 Å². The van der Waals surface area contributed by atoms with Crippen molar-refractivity contribution in [3.05, 3.63) is 81.1 Å². The third-order valence-electron chi connectivity index (χ3n) is 11.1. The lowest BCUT2D eigenvalue weighted by Crippen LogP contribution is -2.37. The summed E-state index contributed by atoms with van der Waals surface area (Å²) in [6, 6.07) is 6.13. The number of amides is 2. The van der Waals surface area contributed by atoms with E-state index in [0.717, 1.165) is 0 Å². The number of aryl methyl sites for hydroxylation is 1. The van der Waals surface area contributed by atoms with Crippen LogP contribution in [-0.4, -0.2) is 118 Å². The number of nitrogens with zero attached hydrogens (tertiary/aromatic N) is 2. The number of aliphatic imine (C=N–C) groups is 1. The average Bonchev–Trinajstić information content (AvgIpc) is 3.26. The predicted octanol–water partition coefficient (Wildman–Crippen LogP) is 5.61. The Morgan fingerprint density at radius 3 is 2.51 bits per heavy atom. The summed E-state index contributed by atoms with van der Waals surface area (Å²) in [5, 5.41) is 37.5. The lowest BCUT2D eigenvalue weighted by Gasteiger charge is -2.29. The molecule has 2 amide bonds. The summed E-state index contributed by atoms with van der Waals surface area (Å²) in [5.74, 6) is -0.853. The second kappa shape index (κ2) is 22.6. The van der Waals surface area contributed by atoms with E-state index in [1.807, 2.05) is 18.7 Å². The molecule has 0 radical (unpaired) electrons. The molecule has 342 valence electrons. The zero-order valence-corrected chi connectivity index (χ0v) is 36.9. The highest BCUT2D eigenvalue weighted by molar-refractivity contribution is 6.05. The second-order valence-corrected chi connectivity index (χ2v) is 15.8. The number of ether oxygens (including phenoxy) is 6. The van der Waals surface area contributed by atoms with Crippen molar-refractivity contribution in [1.82, 2.24) is 0 Å². The molecule has 1 saturated heterocycles. The standard InChI is InChI=1S/C46H60N4O13/c1-26-21-32-40(48-13-16-59-19-20-61-36-12-11-31-34(51)25-39(62-44(31)30(36)5)50-14-17-60-18-15-50)35(52)24-33(42(32)54)49-45(55)27(2)9-8-10-37(57-6)43(63-46(47)56)29(4)23-28(3)41(53)38(22-26)58-7/h8-13,23-26,28,37-38,41,43,52-54H,14-22H2,1-7H3,(H2,47,56)(H,49,55)/b10-8?,27-9+,29-23+,48-13?/t26-,28+,37+,38+,41-,43+/m1/s1. The molecule has 63 heavy (non-hydrogen) atoms. The SMILES string of the molecule is CO[C@H]1C=C/C=C(\C)C(=O)Nc2cc(O)c(N=CCOCCOc3ccc4c(=O)cc(N5CCOCC5)oc4c3C)c(c2O)C[C@@H](C)C[C@H](OC)[C@H](O)[C@@H](C)/C=C(\C)[C@@H]1OC(N)=O. The Labute approximate surface area is 366 Å². The van der Waals surface area contributed by atoms with E-state index in [9.17, 15) is 29.7 Å². The number of benzene rings is 2. The Kier molecular flexibility index (Phi) is 17.3. The number of hydrogen-bond donors (Lipinski definition) is 5. The number of nitrogens with one attached hydrogen (secondary N) is 1. The Bertz CT molecular complexity index is 2260. The molecule has 17 nitrogen and oxygen atoms in total. The summed E-state index contributed by atoms with van der Waals surface area (Å²) < 4.78 is 40.2. The van der Waals surface area contributed by atoms with Gasteiger partial charge in [-0.3, -0.25) is 14.6 Å². The Morgan fingerprint density at radius 1 is 1.06 bits per heavy atom. The second-order valence-electron chi connectivity index (χ2n) is 15.8. The molecule has 3 aromatic rings. The number of primary amides is 1. The van der Waals surface area contributed by atoms with Crippen LogP contribution in [0.4, 0.5) is 22.1 Å². The number of allylic oxidation sites excluding steroid dienone is 2. The van der Waals surface area contributed by atoms with Gasteiger partial charge in [-0.1, -0.05) is 38.2 Å². The fraction of sp³-hybridized carbons (Fsp3) is 0.478. The van der Waals surface area contributed by atoms with Crippen molar-refractivity contribution in [2.75, 3.05) is 70.6 Å². The van der Waals surface area contributed by atoms with Crippen LogP contribution in [0, 0.1) is 18.8 Å². The van der Waals surface area contributed by atoms with Crippen LogP contribution in [0.3, 0.4) is 0 Å². The zero-order valence-electron chi connectivity index (χ0n) is 36.9. The Balaban J connectivity index is 1.33. The van der Waals surface area contributed by atoms with E-state index in [1.54, 1.807) is 51.1 Å². The molecule has 3 heterocycles. The molecule has 0 aliphatic carbocycles. The predicted molar refractivity (Wildman–Crippen MR) is 238 cm³/mol. The zero-order chi connectivity index (χ0) is 45.8. The molecule has 6 N–H and O–H groups in total. The minimum absolute atomic E-state index is 0.0288. The van der Waals surface area contributed by atoms with Gasteiger partial charge in [0, 0.05) is 68.3 Å². The van der Waals surface area contributed by atoms with Gasteiger partial charge >= 0.3 is 6.09 Å². The van der Waals surface area contributed by atoms with Crippen molar-refractivity contribution in [3.8, 4) is 17.2 Å². The summed E-state index contributed by atoms with van der Waals surface area (Å²) in [6.07, 6.45) is 3.93. The largest absolute Gasteiger partial charge is 0.506 e. The number of anilines is 2. The number of phenolic OH excluding ortho intramolecular Hbond substituents is 2. The van der Waals surface area contributed by atoms with Crippen LogP contribution in [0.2, 0.25) is 0 Å². The number of morpholine rings is 1. The van der Waals surface area contributed by atoms with E-state index in [0.29, 0.717) is 66.5 Å². The monoisotopic (exact) mass is 876 g/mol. The van der Waals surface area contributed by atoms with Gasteiger partial charge in [0.2, 0.25) is 0 Å². The maximum Gasteiger partial charge on any atom is 0.405 e. The van der Waals surface area contributed by atoms with Crippen molar-refractivity contribution in [2.45, 2.75) is 71.9 Å². The van der Waals surface area contributed by atoms with Crippen LogP contribution in [-0.2, 0) is 34.9 Å². The first-order chi connectivity index (χ1) is 30.1. The van der Waals surface area contributed by atoms with Gasteiger partial charge in [0.05, 0.1) is 49.7 Å². The average molecular weight is 877 g/mol. The lowest BCUT2D eigenvalue weighted by molar-refractivity contribution is -0.112. The van der Waals surface area contributed by atoms with Gasteiger partial charge in [0.15, 0.2) is 17.4 Å². The fourth-order valence-electron chi connectivity index (χ4n) is 7.63. The molecule has 2 aliphatic heterocycles.